The average molecular weight is 262 g/mol. The summed E-state index contributed by atoms with van der Waals surface area (Å²) in [4.78, 5) is 12.3. The Morgan fingerprint density at radius 2 is 1.79 bits per heavy atom. The van der Waals surface area contributed by atoms with Crippen LogP contribution in [0.2, 0.25) is 0 Å². The van der Waals surface area contributed by atoms with E-state index in [2.05, 4.69) is 38.1 Å². The molecule has 1 aromatic carbocycles. The minimum Gasteiger partial charge on any atom is -0.368 e. The molecule has 2 nitrogen and oxygen atoms in total. The highest BCUT2D eigenvalue weighted by atomic mass is 16.5. The first-order chi connectivity index (χ1) is 8.92. The van der Waals surface area contributed by atoms with Crippen molar-refractivity contribution in [2.24, 2.45) is 0 Å². The summed E-state index contributed by atoms with van der Waals surface area (Å²) < 4.78 is 5.63. The van der Waals surface area contributed by atoms with Gasteiger partial charge in [-0.2, -0.15) is 0 Å². The van der Waals surface area contributed by atoms with Crippen molar-refractivity contribution in [1.29, 1.82) is 0 Å². The number of carbonyl (C=O) groups is 1. The molecule has 0 aliphatic heterocycles. The molecular weight excluding hydrogens is 236 g/mol. The van der Waals surface area contributed by atoms with Gasteiger partial charge in [-0.05, 0) is 37.3 Å². The van der Waals surface area contributed by atoms with Crippen LogP contribution in [0.4, 0.5) is 0 Å². The molecule has 0 radical (unpaired) electrons. The third kappa shape index (κ3) is 4.17. The lowest BCUT2D eigenvalue weighted by Crippen LogP contribution is -2.39. The first-order valence-electron chi connectivity index (χ1n) is 7.19. The monoisotopic (exact) mass is 262 g/mol. The third-order valence-corrected chi connectivity index (χ3v) is 3.74. The van der Waals surface area contributed by atoms with Gasteiger partial charge in [0, 0.05) is 13.0 Å². The minimum atomic E-state index is -0.647. The molecule has 0 saturated heterocycles. The largest absolute Gasteiger partial charge is 0.368 e. The van der Waals surface area contributed by atoms with Gasteiger partial charge in [0.15, 0.2) is 5.78 Å². The molecule has 1 rings (SSSR count). The molecule has 0 bridgehead atoms. The maximum absolute atomic E-state index is 12.3. The van der Waals surface area contributed by atoms with Crippen LogP contribution in [-0.4, -0.2) is 18.0 Å². The first kappa shape index (κ1) is 15.9. The number of ketones is 1. The molecule has 1 unspecified atom stereocenters. The fourth-order valence-electron chi connectivity index (χ4n) is 2.09. The van der Waals surface area contributed by atoms with Gasteiger partial charge < -0.3 is 4.74 Å². The molecule has 0 aliphatic rings. The lowest BCUT2D eigenvalue weighted by Gasteiger charge is -2.26. The van der Waals surface area contributed by atoms with Gasteiger partial charge in [0.2, 0.25) is 0 Å². The van der Waals surface area contributed by atoms with Crippen LogP contribution in [0.15, 0.2) is 24.3 Å². The number of rotatable bonds is 7. The molecule has 0 spiro atoms. The van der Waals surface area contributed by atoms with E-state index in [1.165, 1.54) is 5.56 Å². The van der Waals surface area contributed by atoms with Crippen molar-refractivity contribution in [3.63, 3.8) is 0 Å². The highest BCUT2D eigenvalue weighted by molar-refractivity contribution is 5.88. The molecule has 1 aromatic rings. The third-order valence-electron chi connectivity index (χ3n) is 3.74. The molecule has 0 aliphatic carbocycles. The van der Waals surface area contributed by atoms with E-state index < -0.39 is 5.60 Å². The Morgan fingerprint density at radius 1 is 1.21 bits per heavy atom. The molecule has 19 heavy (non-hydrogen) atoms. The Balaban J connectivity index is 2.76. The summed E-state index contributed by atoms with van der Waals surface area (Å²) in [5, 5.41) is 0. The SMILES string of the molecule is CCOC(C)(CC)C(=O)Cc1ccc(C(C)C)cc1. The van der Waals surface area contributed by atoms with E-state index >= 15 is 0 Å². The maximum atomic E-state index is 12.3. The molecule has 1 atom stereocenters. The second-order valence-corrected chi connectivity index (χ2v) is 5.51. The minimum absolute atomic E-state index is 0.161. The van der Waals surface area contributed by atoms with E-state index in [0.717, 1.165) is 5.56 Å². The van der Waals surface area contributed by atoms with Crippen LogP contribution < -0.4 is 0 Å². The maximum Gasteiger partial charge on any atom is 0.168 e. The van der Waals surface area contributed by atoms with E-state index in [1.807, 2.05) is 20.8 Å². The number of ether oxygens (including phenoxy) is 1. The Kier molecular flexibility index (Phi) is 5.74. The Morgan fingerprint density at radius 3 is 2.21 bits per heavy atom. The summed E-state index contributed by atoms with van der Waals surface area (Å²) >= 11 is 0. The van der Waals surface area contributed by atoms with Crippen molar-refractivity contribution in [3.8, 4) is 0 Å². The zero-order valence-corrected chi connectivity index (χ0v) is 12.8. The van der Waals surface area contributed by atoms with Gasteiger partial charge in [0.1, 0.15) is 5.60 Å². The summed E-state index contributed by atoms with van der Waals surface area (Å²) in [5.74, 6) is 0.684. The van der Waals surface area contributed by atoms with E-state index in [-0.39, 0.29) is 5.78 Å². The summed E-state index contributed by atoms with van der Waals surface area (Å²) in [6.45, 7) is 10.7. The molecule has 0 heterocycles. The summed E-state index contributed by atoms with van der Waals surface area (Å²) in [7, 11) is 0. The zero-order chi connectivity index (χ0) is 14.5. The highest BCUT2D eigenvalue weighted by Gasteiger charge is 2.31. The predicted octanol–water partition coefficient (Wildman–Crippen LogP) is 4.13. The standard InChI is InChI=1S/C17H26O2/c1-6-17(5,19-7-2)16(18)12-14-8-10-15(11-9-14)13(3)4/h8-11,13H,6-7,12H2,1-5H3. The van der Waals surface area contributed by atoms with Gasteiger partial charge in [-0.1, -0.05) is 45.0 Å². The number of hydrogen-bond donors (Lipinski definition) is 0. The molecule has 2 heteroatoms. The highest BCUT2D eigenvalue weighted by Crippen LogP contribution is 2.20. The second-order valence-electron chi connectivity index (χ2n) is 5.51. The van der Waals surface area contributed by atoms with Crippen LogP contribution in [-0.2, 0) is 16.0 Å². The van der Waals surface area contributed by atoms with Crippen LogP contribution in [0.25, 0.3) is 0 Å². The summed E-state index contributed by atoms with van der Waals surface area (Å²) in [6, 6.07) is 8.32. The first-order valence-corrected chi connectivity index (χ1v) is 7.19. The topological polar surface area (TPSA) is 26.3 Å². The van der Waals surface area contributed by atoms with E-state index in [0.29, 0.717) is 25.4 Å². The van der Waals surface area contributed by atoms with Gasteiger partial charge in [-0.3, -0.25) is 4.79 Å². The summed E-state index contributed by atoms with van der Waals surface area (Å²) in [6.07, 6.45) is 1.16. The number of benzene rings is 1. The molecule has 0 fully saturated rings. The van der Waals surface area contributed by atoms with Crippen LogP contribution in [0.5, 0.6) is 0 Å². The van der Waals surface area contributed by atoms with Crippen molar-refractivity contribution >= 4 is 5.78 Å². The lowest BCUT2D eigenvalue weighted by atomic mass is 9.91. The zero-order valence-electron chi connectivity index (χ0n) is 12.8. The van der Waals surface area contributed by atoms with Crippen molar-refractivity contribution in [3.05, 3.63) is 35.4 Å². The molecule has 0 aromatic heterocycles. The van der Waals surface area contributed by atoms with Gasteiger partial charge in [-0.15, -0.1) is 0 Å². The van der Waals surface area contributed by atoms with E-state index in [9.17, 15) is 4.79 Å². The fourth-order valence-corrected chi connectivity index (χ4v) is 2.09. The molecular formula is C17H26O2. The van der Waals surface area contributed by atoms with Crippen LogP contribution in [0.3, 0.4) is 0 Å². The Bertz CT molecular complexity index is 406. The van der Waals surface area contributed by atoms with Crippen molar-refractivity contribution in [1.82, 2.24) is 0 Å². The molecule has 0 N–H and O–H groups in total. The predicted molar refractivity (Wildman–Crippen MR) is 79.6 cm³/mol. The number of carbonyl (C=O) groups excluding carboxylic acids is 1. The average Bonchev–Trinajstić information content (AvgIpc) is 2.39. The van der Waals surface area contributed by atoms with Gasteiger partial charge in [0.25, 0.3) is 0 Å². The van der Waals surface area contributed by atoms with E-state index in [1.54, 1.807) is 0 Å². The fraction of sp³-hybridized carbons (Fsp3) is 0.588. The molecule has 106 valence electrons. The van der Waals surface area contributed by atoms with Crippen LogP contribution in [0.1, 0.15) is 58.1 Å². The van der Waals surface area contributed by atoms with Gasteiger partial charge in [0.05, 0.1) is 0 Å². The van der Waals surface area contributed by atoms with Crippen LogP contribution >= 0.6 is 0 Å². The smallest absolute Gasteiger partial charge is 0.168 e. The molecule has 0 saturated carbocycles. The summed E-state index contributed by atoms with van der Waals surface area (Å²) in [5.41, 5.74) is 1.72. The normalized spacial score (nSPS) is 14.4. The van der Waals surface area contributed by atoms with Crippen molar-refractivity contribution < 1.29 is 9.53 Å². The van der Waals surface area contributed by atoms with Crippen molar-refractivity contribution in [2.75, 3.05) is 6.61 Å². The van der Waals surface area contributed by atoms with Crippen molar-refractivity contribution in [2.45, 2.75) is 59.0 Å². The number of hydrogen-bond acceptors (Lipinski definition) is 2. The lowest BCUT2D eigenvalue weighted by molar-refractivity contribution is -0.141. The van der Waals surface area contributed by atoms with Gasteiger partial charge >= 0.3 is 0 Å². The molecule has 0 amide bonds. The number of Topliss-reactive ketones (excluding diaryl/α,β-unsaturated/α-hetero) is 1. The Labute approximate surface area is 117 Å². The second kappa shape index (κ2) is 6.85. The quantitative estimate of drug-likeness (QED) is 0.738. The van der Waals surface area contributed by atoms with Gasteiger partial charge in [-0.25, -0.2) is 0 Å². The van der Waals surface area contributed by atoms with E-state index in [4.69, 9.17) is 4.74 Å². The Hall–Kier alpha value is -1.15. The van der Waals surface area contributed by atoms with Crippen LogP contribution in [0, 0.1) is 0 Å².